The standard InChI is InChI=1S/C22H27N5O4S/c1-3-12-26-20-11-10-18(15-19(20)24-25-26)32(29,30)27-13-5-4-9-21(27)22(28)23-16-7-6-8-17(14-16)31-2/h6-8,10-11,14-15,21H,3-5,9,12-13H2,1-2H3,(H,23,28). The number of hydrogen-bond acceptors (Lipinski definition) is 6. The summed E-state index contributed by atoms with van der Waals surface area (Å²) < 4.78 is 35.3. The molecule has 9 nitrogen and oxygen atoms in total. The molecule has 1 saturated heterocycles. The van der Waals surface area contributed by atoms with Gasteiger partial charge in [-0.1, -0.05) is 24.6 Å². The summed E-state index contributed by atoms with van der Waals surface area (Å²) in [5.41, 5.74) is 1.87. The van der Waals surface area contributed by atoms with Crippen molar-refractivity contribution in [3.8, 4) is 5.75 Å². The Morgan fingerprint density at radius 2 is 2.06 bits per heavy atom. The number of aryl methyl sites for hydroxylation is 1. The third-order valence-electron chi connectivity index (χ3n) is 5.62. The van der Waals surface area contributed by atoms with Crippen molar-refractivity contribution in [3.63, 3.8) is 0 Å². The molecule has 0 bridgehead atoms. The van der Waals surface area contributed by atoms with Crippen LogP contribution in [-0.2, 0) is 21.4 Å². The van der Waals surface area contributed by atoms with Gasteiger partial charge in [-0.3, -0.25) is 4.79 Å². The molecule has 1 aliphatic rings. The van der Waals surface area contributed by atoms with Crippen LogP contribution in [-0.4, -0.2) is 53.3 Å². The van der Waals surface area contributed by atoms with E-state index in [2.05, 4.69) is 15.6 Å². The minimum Gasteiger partial charge on any atom is -0.497 e. The number of carbonyl (C=O) groups is 1. The number of methoxy groups -OCH3 is 1. The zero-order valence-corrected chi connectivity index (χ0v) is 19.0. The van der Waals surface area contributed by atoms with Crippen LogP contribution in [0.4, 0.5) is 5.69 Å². The average molecular weight is 458 g/mol. The summed E-state index contributed by atoms with van der Waals surface area (Å²) in [5, 5.41) is 11.1. The average Bonchev–Trinajstić information content (AvgIpc) is 3.21. The van der Waals surface area contributed by atoms with Crippen molar-refractivity contribution in [2.45, 2.75) is 50.1 Å². The fraction of sp³-hybridized carbons (Fsp3) is 0.409. The molecular weight excluding hydrogens is 430 g/mol. The van der Waals surface area contributed by atoms with Crippen molar-refractivity contribution in [1.29, 1.82) is 0 Å². The number of carbonyl (C=O) groups excluding carboxylic acids is 1. The molecule has 4 rings (SSSR count). The molecule has 0 aliphatic carbocycles. The smallest absolute Gasteiger partial charge is 0.243 e. The van der Waals surface area contributed by atoms with Gasteiger partial charge in [0.2, 0.25) is 15.9 Å². The normalized spacial score (nSPS) is 17.4. The maximum absolute atomic E-state index is 13.5. The first kappa shape index (κ1) is 22.2. The number of fused-ring (bicyclic) bond motifs is 1. The summed E-state index contributed by atoms with van der Waals surface area (Å²) in [6.45, 7) is 3.04. The summed E-state index contributed by atoms with van der Waals surface area (Å²) in [4.78, 5) is 13.2. The summed E-state index contributed by atoms with van der Waals surface area (Å²) in [6, 6.07) is 11.0. The van der Waals surface area contributed by atoms with Gasteiger partial charge in [0.15, 0.2) is 0 Å². The number of hydrogen-bond donors (Lipinski definition) is 1. The van der Waals surface area contributed by atoms with Gasteiger partial charge in [0, 0.05) is 24.8 Å². The minimum atomic E-state index is -3.89. The van der Waals surface area contributed by atoms with E-state index < -0.39 is 16.1 Å². The van der Waals surface area contributed by atoms with Crippen molar-refractivity contribution in [2.24, 2.45) is 0 Å². The third kappa shape index (κ3) is 4.33. The van der Waals surface area contributed by atoms with Crippen LogP contribution in [0.2, 0.25) is 0 Å². The molecule has 0 spiro atoms. The zero-order chi connectivity index (χ0) is 22.7. The van der Waals surface area contributed by atoms with Gasteiger partial charge >= 0.3 is 0 Å². The van der Waals surface area contributed by atoms with Gasteiger partial charge < -0.3 is 10.1 Å². The van der Waals surface area contributed by atoms with Gasteiger partial charge in [-0.25, -0.2) is 13.1 Å². The fourth-order valence-electron chi connectivity index (χ4n) is 4.01. The molecule has 1 amide bonds. The molecule has 2 aromatic carbocycles. The van der Waals surface area contributed by atoms with Gasteiger partial charge in [-0.2, -0.15) is 4.31 Å². The number of nitrogens with one attached hydrogen (secondary N) is 1. The highest BCUT2D eigenvalue weighted by Crippen LogP contribution is 2.28. The molecule has 1 unspecified atom stereocenters. The van der Waals surface area contributed by atoms with Crippen molar-refractivity contribution in [3.05, 3.63) is 42.5 Å². The van der Waals surface area contributed by atoms with Gasteiger partial charge in [0.25, 0.3) is 0 Å². The summed E-state index contributed by atoms with van der Waals surface area (Å²) in [7, 11) is -2.34. The highest BCUT2D eigenvalue weighted by atomic mass is 32.2. The van der Waals surface area contributed by atoms with Gasteiger partial charge in [-0.05, 0) is 49.6 Å². The number of sulfonamides is 1. The minimum absolute atomic E-state index is 0.120. The molecule has 32 heavy (non-hydrogen) atoms. The van der Waals surface area contributed by atoms with Crippen molar-refractivity contribution >= 4 is 32.7 Å². The Bertz CT molecular complexity index is 1220. The lowest BCUT2D eigenvalue weighted by Gasteiger charge is -2.33. The Balaban J connectivity index is 1.60. The predicted molar refractivity (Wildman–Crippen MR) is 121 cm³/mol. The molecule has 1 aromatic heterocycles. The van der Waals surface area contributed by atoms with Crippen LogP contribution in [0.25, 0.3) is 11.0 Å². The van der Waals surface area contributed by atoms with Gasteiger partial charge in [-0.15, -0.1) is 5.10 Å². The monoisotopic (exact) mass is 457 g/mol. The largest absolute Gasteiger partial charge is 0.497 e. The van der Waals surface area contributed by atoms with Crippen LogP contribution >= 0.6 is 0 Å². The second-order valence-electron chi connectivity index (χ2n) is 7.81. The molecule has 1 aliphatic heterocycles. The number of anilines is 1. The lowest BCUT2D eigenvalue weighted by molar-refractivity contribution is -0.120. The number of piperidine rings is 1. The van der Waals surface area contributed by atoms with Crippen molar-refractivity contribution < 1.29 is 17.9 Å². The summed E-state index contributed by atoms with van der Waals surface area (Å²) in [5.74, 6) is 0.261. The van der Waals surface area contributed by atoms with E-state index in [1.54, 1.807) is 48.2 Å². The number of nitrogens with zero attached hydrogens (tertiary/aromatic N) is 4. The second-order valence-corrected chi connectivity index (χ2v) is 9.70. The molecule has 170 valence electrons. The number of benzene rings is 2. The zero-order valence-electron chi connectivity index (χ0n) is 18.2. The molecule has 10 heteroatoms. The molecule has 1 N–H and O–H groups in total. The SMILES string of the molecule is CCCn1nnc2cc(S(=O)(=O)N3CCCCC3C(=O)Nc3cccc(OC)c3)ccc21. The number of aromatic nitrogens is 3. The Morgan fingerprint density at radius 1 is 1.22 bits per heavy atom. The van der Waals surface area contributed by atoms with E-state index in [9.17, 15) is 13.2 Å². The lowest BCUT2D eigenvalue weighted by Crippen LogP contribution is -2.49. The van der Waals surface area contributed by atoms with E-state index >= 15 is 0 Å². The van der Waals surface area contributed by atoms with E-state index in [0.29, 0.717) is 42.9 Å². The van der Waals surface area contributed by atoms with Crippen LogP contribution in [0.5, 0.6) is 5.75 Å². The first-order valence-electron chi connectivity index (χ1n) is 10.7. The topological polar surface area (TPSA) is 106 Å². The quantitative estimate of drug-likeness (QED) is 0.585. The molecule has 0 saturated carbocycles. The Morgan fingerprint density at radius 3 is 2.84 bits per heavy atom. The van der Waals surface area contributed by atoms with Crippen LogP contribution in [0.3, 0.4) is 0 Å². The van der Waals surface area contributed by atoms with Crippen molar-refractivity contribution in [2.75, 3.05) is 19.0 Å². The van der Waals surface area contributed by atoms with E-state index in [-0.39, 0.29) is 10.8 Å². The van der Waals surface area contributed by atoms with Crippen molar-refractivity contribution in [1.82, 2.24) is 19.3 Å². The van der Waals surface area contributed by atoms with E-state index in [4.69, 9.17) is 4.74 Å². The van der Waals surface area contributed by atoms with E-state index in [1.165, 1.54) is 10.4 Å². The fourth-order valence-corrected chi connectivity index (χ4v) is 5.68. The van der Waals surface area contributed by atoms with Crippen LogP contribution < -0.4 is 10.1 Å². The van der Waals surface area contributed by atoms with E-state index in [0.717, 1.165) is 18.4 Å². The van der Waals surface area contributed by atoms with E-state index in [1.807, 2.05) is 6.92 Å². The molecule has 1 fully saturated rings. The second kappa shape index (κ2) is 9.25. The predicted octanol–water partition coefficient (Wildman–Crippen LogP) is 3.03. The molecular formula is C22H27N5O4S. The lowest BCUT2D eigenvalue weighted by atomic mass is 10.0. The maximum Gasteiger partial charge on any atom is 0.243 e. The maximum atomic E-state index is 13.5. The first-order valence-corrected chi connectivity index (χ1v) is 12.2. The number of rotatable bonds is 7. The Kier molecular flexibility index (Phi) is 6.43. The van der Waals surface area contributed by atoms with Crippen LogP contribution in [0.1, 0.15) is 32.6 Å². The van der Waals surface area contributed by atoms with Crippen LogP contribution in [0.15, 0.2) is 47.4 Å². The van der Waals surface area contributed by atoms with Gasteiger partial charge in [0.1, 0.15) is 17.3 Å². The Hall–Kier alpha value is -2.98. The molecule has 1 atom stereocenters. The number of ether oxygens (including phenoxy) is 1. The highest BCUT2D eigenvalue weighted by molar-refractivity contribution is 7.89. The highest BCUT2D eigenvalue weighted by Gasteiger charge is 2.38. The molecule has 0 radical (unpaired) electrons. The summed E-state index contributed by atoms with van der Waals surface area (Å²) in [6.07, 6.45) is 2.85. The summed E-state index contributed by atoms with van der Waals surface area (Å²) >= 11 is 0. The Labute approximate surface area is 187 Å². The third-order valence-corrected chi connectivity index (χ3v) is 7.53. The first-order chi connectivity index (χ1) is 15.4. The molecule has 3 aromatic rings. The number of amides is 1. The molecule has 2 heterocycles. The van der Waals surface area contributed by atoms with Gasteiger partial charge in [0.05, 0.1) is 17.5 Å². The van der Waals surface area contributed by atoms with Crippen LogP contribution in [0, 0.1) is 0 Å².